The van der Waals surface area contributed by atoms with E-state index in [9.17, 15) is 8.42 Å². The molecule has 1 aromatic carbocycles. The molecule has 0 atom stereocenters. The fraction of sp³-hybridized carbons (Fsp3) is 0.240. The highest BCUT2D eigenvalue weighted by molar-refractivity contribution is 7.92. The van der Waals surface area contributed by atoms with Crippen molar-refractivity contribution < 1.29 is 8.42 Å². The van der Waals surface area contributed by atoms with Gasteiger partial charge in [-0.1, -0.05) is 31.4 Å². The summed E-state index contributed by atoms with van der Waals surface area (Å²) in [5.41, 5.74) is 9.11. The van der Waals surface area contributed by atoms with E-state index >= 15 is 0 Å². The Kier molecular flexibility index (Phi) is 6.02. The Morgan fingerprint density at radius 1 is 0.912 bits per heavy atom. The molecule has 3 heterocycles. The standard InChI is InChI=1S/C25H26N6O2S/c26-23-17-31-16-18(8-13-24(31)30-23)6-7-19-14-27-25(28-15-19)29-20-9-11-22(12-10-20)34(32,33)21-4-2-1-3-5-21/h6-17,21H,1-5,26H2,(H,27,28,29)/b7-6+. The van der Waals surface area contributed by atoms with E-state index in [1.54, 1.807) is 42.9 Å². The van der Waals surface area contributed by atoms with E-state index in [-0.39, 0.29) is 5.25 Å². The Labute approximate surface area is 198 Å². The van der Waals surface area contributed by atoms with Crippen molar-refractivity contribution in [3.8, 4) is 0 Å². The zero-order valence-electron chi connectivity index (χ0n) is 18.6. The molecule has 0 aliphatic heterocycles. The van der Waals surface area contributed by atoms with E-state index in [2.05, 4.69) is 20.3 Å². The number of fused-ring (bicyclic) bond motifs is 1. The quantitative estimate of drug-likeness (QED) is 0.415. The average molecular weight is 475 g/mol. The second-order valence-corrected chi connectivity index (χ2v) is 10.7. The summed E-state index contributed by atoms with van der Waals surface area (Å²) in [4.78, 5) is 13.3. The van der Waals surface area contributed by atoms with Crippen LogP contribution in [0.1, 0.15) is 43.2 Å². The number of anilines is 3. The minimum absolute atomic E-state index is 0.260. The second-order valence-electron chi connectivity index (χ2n) is 8.52. The van der Waals surface area contributed by atoms with Crippen LogP contribution in [0, 0.1) is 0 Å². The molecule has 0 saturated heterocycles. The molecule has 0 bridgehead atoms. The molecule has 4 aromatic rings. The molecule has 34 heavy (non-hydrogen) atoms. The maximum atomic E-state index is 12.9. The van der Waals surface area contributed by atoms with Crippen molar-refractivity contribution in [3.63, 3.8) is 0 Å². The molecule has 0 radical (unpaired) electrons. The van der Waals surface area contributed by atoms with E-state index in [1.807, 2.05) is 34.9 Å². The molecule has 174 valence electrons. The first-order valence-electron chi connectivity index (χ1n) is 11.3. The topological polar surface area (TPSA) is 115 Å². The normalized spacial score (nSPS) is 15.2. The van der Waals surface area contributed by atoms with Gasteiger partial charge < -0.3 is 15.5 Å². The zero-order valence-corrected chi connectivity index (χ0v) is 19.4. The summed E-state index contributed by atoms with van der Waals surface area (Å²) in [6.45, 7) is 0. The number of pyridine rings is 1. The van der Waals surface area contributed by atoms with Gasteiger partial charge in [-0.25, -0.2) is 23.4 Å². The number of sulfone groups is 1. The summed E-state index contributed by atoms with van der Waals surface area (Å²) in [5, 5.41) is 2.86. The lowest BCUT2D eigenvalue weighted by Crippen LogP contribution is -2.24. The van der Waals surface area contributed by atoms with Gasteiger partial charge in [0, 0.05) is 29.8 Å². The monoisotopic (exact) mass is 474 g/mol. The highest BCUT2D eigenvalue weighted by Gasteiger charge is 2.28. The predicted octanol–water partition coefficient (Wildman–Crippen LogP) is 4.73. The molecule has 5 rings (SSSR count). The predicted molar refractivity (Wildman–Crippen MR) is 134 cm³/mol. The lowest BCUT2D eigenvalue weighted by molar-refractivity contribution is 0.483. The Balaban J connectivity index is 1.23. The Morgan fingerprint density at radius 3 is 2.35 bits per heavy atom. The van der Waals surface area contributed by atoms with Gasteiger partial charge in [0.05, 0.1) is 16.3 Å². The van der Waals surface area contributed by atoms with Crippen LogP contribution in [0.3, 0.4) is 0 Å². The van der Waals surface area contributed by atoms with Gasteiger partial charge in [0.1, 0.15) is 11.5 Å². The number of benzene rings is 1. The summed E-state index contributed by atoms with van der Waals surface area (Å²) in [6, 6.07) is 10.7. The lowest BCUT2D eigenvalue weighted by Gasteiger charge is -2.21. The second kappa shape index (κ2) is 9.26. The largest absolute Gasteiger partial charge is 0.382 e. The van der Waals surface area contributed by atoms with Crippen molar-refractivity contribution in [2.24, 2.45) is 0 Å². The number of hydrogen-bond donors (Lipinski definition) is 2. The average Bonchev–Trinajstić information content (AvgIpc) is 3.24. The molecule has 9 heteroatoms. The van der Waals surface area contributed by atoms with Gasteiger partial charge in [-0.3, -0.25) is 0 Å². The minimum atomic E-state index is -3.28. The maximum Gasteiger partial charge on any atom is 0.227 e. The SMILES string of the molecule is Nc1cn2cc(/C=C/c3cnc(Nc4ccc(S(=O)(=O)C5CCCCC5)cc4)nc3)ccc2n1. The molecule has 1 aliphatic carbocycles. The third kappa shape index (κ3) is 4.79. The lowest BCUT2D eigenvalue weighted by atomic mass is 10.0. The Bertz CT molecular complexity index is 1420. The van der Waals surface area contributed by atoms with Crippen LogP contribution < -0.4 is 11.1 Å². The van der Waals surface area contributed by atoms with Crippen molar-refractivity contribution >= 4 is 45.1 Å². The number of imidazole rings is 1. The van der Waals surface area contributed by atoms with Gasteiger partial charge in [0.15, 0.2) is 9.84 Å². The van der Waals surface area contributed by atoms with Crippen molar-refractivity contribution in [2.45, 2.75) is 42.2 Å². The Hall–Kier alpha value is -3.72. The number of nitrogens with one attached hydrogen (secondary N) is 1. The van der Waals surface area contributed by atoms with Crippen LogP contribution in [0.4, 0.5) is 17.5 Å². The molecule has 1 fully saturated rings. The molecular formula is C25H26N6O2S. The number of nitrogens with two attached hydrogens (primary N) is 1. The van der Waals surface area contributed by atoms with Gasteiger partial charge in [-0.2, -0.15) is 0 Å². The number of rotatable bonds is 6. The fourth-order valence-electron chi connectivity index (χ4n) is 4.23. The van der Waals surface area contributed by atoms with Crippen molar-refractivity contribution in [2.75, 3.05) is 11.1 Å². The van der Waals surface area contributed by atoms with E-state index in [0.717, 1.165) is 54.6 Å². The highest BCUT2D eigenvalue weighted by atomic mass is 32.2. The van der Waals surface area contributed by atoms with Gasteiger partial charge in [-0.05, 0) is 54.8 Å². The van der Waals surface area contributed by atoms with Crippen LogP contribution in [0.25, 0.3) is 17.8 Å². The minimum Gasteiger partial charge on any atom is -0.382 e. The maximum absolute atomic E-state index is 12.9. The van der Waals surface area contributed by atoms with Crippen LogP contribution in [-0.4, -0.2) is 33.0 Å². The third-order valence-electron chi connectivity index (χ3n) is 6.06. The molecule has 1 aliphatic rings. The first-order chi connectivity index (χ1) is 16.5. The highest BCUT2D eigenvalue weighted by Crippen LogP contribution is 2.29. The molecule has 3 aromatic heterocycles. The van der Waals surface area contributed by atoms with E-state index in [0.29, 0.717) is 16.7 Å². The van der Waals surface area contributed by atoms with Crippen molar-refractivity contribution in [3.05, 3.63) is 72.3 Å². The molecule has 3 N–H and O–H groups in total. The Morgan fingerprint density at radius 2 is 1.62 bits per heavy atom. The van der Waals surface area contributed by atoms with Crippen LogP contribution in [0.5, 0.6) is 0 Å². The van der Waals surface area contributed by atoms with Gasteiger partial charge in [-0.15, -0.1) is 0 Å². The fourth-order valence-corrected chi connectivity index (χ4v) is 6.09. The molecule has 0 spiro atoms. The number of nitrogen functional groups attached to an aromatic ring is 1. The van der Waals surface area contributed by atoms with Gasteiger partial charge in [0.25, 0.3) is 0 Å². The third-order valence-corrected chi connectivity index (χ3v) is 8.34. The van der Waals surface area contributed by atoms with Crippen molar-refractivity contribution in [1.82, 2.24) is 19.4 Å². The summed E-state index contributed by atoms with van der Waals surface area (Å²) >= 11 is 0. The van der Waals surface area contributed by atoms with Gasteiger partial charge in [0.2, 0.25) is 5.95 Å². The smallest absolute Gasteiger partial charge is 0.227 e. The molecule has 8 nitrogen and oxygen atoms in total. The molecule has 0 unspecified atom stereocenters. The zero-order chi connectivity index (χ0) is 23.5. The summed E-state index contributed by atoms with van der Waals surface area (Å²) < 4.78 is 27.6. The van der Waals surface area contributed by atoms with Crippen molar-refractivity contribution in [1.29, 1.82) is 0 Å². The molecular weight excluding hydrogens is 448 g/mol. The van der Waals surface area contributed by atoms with Crippen LogP contribution in [-0.2, 0) is 9.84 Å². The van der Waals surface area contributed by atoms with E-state index < -0.39 is 9.84 Å². The summed E-state index contributed by atoms with van der Waals surface area (Å²) in [7, 11) is -3.28. The number of aromatic nitrogens is 4. The molecule has 0 amide bonds. The van der Waals surface area contributed by atoms with E-state index in [1.165, 1.54) is 0 Å². The first-order valence-corrected chi connectivity index (χ1v) is 12.9. The first kappa shape index (κ1) is 22.1. The van der Waals surface area contributed by atoms with Crippen LogP contribution >= 0.6 is 0 Å². The van der Waals surface area contributed by atoms with Gasteiger partial charge >= 0.3 is 0 Å². The summed E-state index contributed by atoms with van der Waals surface area (Å²) in [5.74, 6) is 0.924. The van der Waals surface area contributed by atoms with Crippen LogP contribution in [0.2, 0.25) is 0 Å². The van der Waals surface area contributed by atoms with Crippen LogP contribution in [0.15, 0.2) is 66.1 Å². The molecule has 1 saturated carbocycles. The number of hydrogen-bond acceptors (Lipinski definition) is 7. The summed E-state index contributed by atoms with van der Waals surface area (Å²) in [6.07, 6.45) is 15.7. The van der Waals surface area contributed by atoms with E-state index in [4.69, 9.17) is 5.73 Å². The number of nitrogens with zero attached hydrogens (tertiary/aromatic N) is 4.